The number of nitrogens with one attached hydrogen (secondary N) is 1. The minimum absolute atomic E-state index is 0.612. The predicted octanol–water partition coefficient (Wildman–Crippen LogP) is 2.91. The second-order valence-electron chi connectivity index (χ2n) is 3.35. The molecule has 0 unspecified atom stereocenters. The summed E-state index contributed by atoms with van der Waals surface area (Å²) in [5.74, 6) is 0. The molecule has 0 amide bonds. The molecule has 1 N–H and O–H groups in total. The molecule has 0 spiro atoms. The molecular weight excluding hydrogens is 251 g/mol. The van der Waals surface area contributed by atoms with Gasteiger partial charge in [0, 0.05) is 31.1 Å². The minimum atomic E-state index is 0.612. The van der Waals surface area contributed by atoms with Crippen molar-refractivity contribution in [3.8, 4) is 0 Å². The van der Waals surface area contributed by atoms with Crippen LogP contribution >= 0.6 is 35.1 Å². The summed E-state index contributed by atoms with van der Waals surface area (Å²) in [4.78, 5) is 1.14. The van der Waals surface area contributed by atoms with Crippen molar-refractivity contribution in [1.29, 1.82) is 0 Å². The summed E-state index contributed by atoms with van der Waals surface area (Å²) in [6.45, 7) is 4.22. The number of nitrogens with zero attached hydrogens (tertiary/aromatic N) is 1. The lowest BCUT2D eigenvalue weighted by Gasteiger charge is -2.25. The van der Waals surface area contributed by atoms with Crippen LogP contribution in [0.2, 0.25) is 10.0 Å². The van der Waals surface area contributed by atoms with E-state index < -0.39 is 0 Å². The summed E-state index contributed by atoms with van der Waals surface area (Å²) in [6, 6.07) is 5.76. The zero-order chi connectivity index (χ0) is 10.7. The molecule has 1 heterocycles. The Labute approximate surface area is 104 Å². The monoisotopic (exact) mass is 262 g/mol. The number of rotatable bonds is 2. The first-order valence-electron chi connectivity index (χ1n) is 4.84. The number of halogens is 2. The minimum Gasteiger partial charge on any atom is -0.314 e. The molecule has 2 nitrogen and oxygen atoms in total. The summed E-state index contributed by atoms with van der Waals surface area (Å²) < 4.78 is 2.33. The average molecular weight is 263 g/mol. The third-order valence-corrected chi connectivity index (χ3v) is 4.03. The third-order valence-electron chi connectivity index (χ3n) is 2.20. The topological polar surface area (TPSA) is 15.3 Å². The first-order chi connectivity index (χ1) is 7.25. The van der Waals surface area contributed by atoms with Crippen molar-refractivity contribution < 1.29 is 0 Å². The Hall–Kier alpha value is 0.0700. The van der Waals surface area contributed by atoms with Gasteiger partial charge in [0.1, 0.15) is 0 Å². The lowest BCUT2D eigenvalue weighted by molar-refractivity contribution is 0.396. The van der Waals surface area contributed by atoms with Crippen molar-refractivity contribution in [3.05, 3.63) is 28.2 Å². The molecule has 0 saturated carbocycles. The first kappa shape index (κ1) is 11.6. The van der Waals surface area contributed by atoms with Crippen molar-refractivity contribution in [1.82, 2.24) is 9.62 Å². The molecule has 5 heteroatoms. The van der Waals surface area contributed by atoms with E-state index in [4.69, 9.17) is 23.2 Å². The Balaban J connectivity index is 2.00. The average Bonchev–Trinajstić information content (AvgIpc) is 2.25. The second kappa shape index (κ2) is 5.41. The highest BCUT2D eigenvalue weighted by Crippen LogP contribution is 2.29. The third kappa shape index (κ3) is 3.26. The number of hydrogen-bond donors (Lipinski definition) is 1. The Bertz CT molecular complexity index is 340. The Kier molecular flexibility index (Phi) is 4.17. The first-order valence-corrected chi connectivity index (χ1v) is 6.37. The highest BCUT2D eigenvalue weighted by Gasteiger charge is 2.11. The van der Waals surface area contributed by atoms with E-state index in [9.17, 15) is 0 Å². The Morgan fingerprint density at radius 1 is 1.13 bits per heavy atom. The lowest BCUT2D eigenvalue weighted by atomic mass is 10.4. The quantitative estimate of drug-likeness (QED) is 0.826. The molecule has 1 aliphatic heterocycles. The highest BCUT2D eigenvalue weighted by molar-refractivity contribution is 7.97. The molecule has 1 aliphatic rings. The number of benzene rings is 1. The second-order valence-corrected chi connectivity index (χ2v) is 5.33. The van der Waals surface area contributed by atoms with Gasteiger partial charge in [-0.25, -0.2) is 4.31 Å². The molecule has 0 bridgehead atoms. The van der Waals surface area contributed by atoms with Crippen LogP contribution in [0.1, 0.15) is 0 Å². The van der Waals surface area contributed by atoms with Crippen molar-refractivity contribution in [2.45, 2.75) is 4.90 Å². The SMILES string of the molecule is Clc1ccc(SN2CCNCC2)cc1Cl. The van der Waals surface area contributed by atoms with E-state index in [-0.39, 0.29) is 0 Å². The van der Waals surface area contributed by atoms with Crippen molar-refractivity contribution >= 4 is 35.1 Å². The zero-order valence-corrected chi connectivity index (χ0v) is 10.5. The van der Waals surface area contributed by atoms with E-state index in [1.807, 2.05) is 18.2 Å². The van der Waals surface area contributed by atoms with Gasteiger partial charge in [-0.05, 0) is 30.1 Å². The predicted molar refractivity (Wildman–Crippen MR) is 66.8 cm³/mol. The van der Waals surface area contributed by atoms with E-state index in [0.29, 0.717) is 10.0 Å². The van der Waals surface area contributed by atoms with Gasteiger partial charge in [0.15, 0.2) is 0 Å². The molecule has 1 fully saturated rings. The van der Waals surface area contributed by atoms with Gasteiger partial charge in [0.05, 0.1) is 10.0 Å². The van der Waals surface area contributed by atoms with Crippen LogP contribution in [0.25, 0.3) is 0 Å². The van der Waals surface area contributed by atoms with E-state index in [1.54, 1.807) is 11.9 Å². The molecule has 0 atom stereocenters. The maximum absolute atomic E-state index is 5.96. The Morgan fingerprint density at radius 3 is 2.53 bits per heavy atom. The van der Waals surface area contributed by atoms with Crippen molar-refractivity contribution in [2.24, 2.45) is 0 Å². The standard InChI is InChI=1S/C10H12Cl2N2S/c11-9-2-1-8(7-10(9)12)15-14-5-3-13-4-6-14/h1-2,7,13H,3-6H2. The molecule has 1 aromatic rings. The van der Waals surface area contributed by atoms with Crippen LogP contribution in [0.4, 0.5) is 0 Å². The van der Waals surface area contributed by atoms with Gasteiger partial charge >= 0.3 is 0 Å². The van der Waals surface area contributed by atoms with Crippen LogP contribution in [-0.2, 0) is 0 Å². The maximum atomic E-state index is 5.96. The smallest absolute Gasteiger partial charge is 0.0603 e. The molecule has 0 radical (unpaired) electrons. The summed E-state index contributed by atoms with van der Waals surface area (Å²) in [7, 11) is 0. The summed E-state index contributed by atoms with van der Waals surface area (Å²) in [5, 5.41) is 4.55. The molecule has 15 heavy (non-hydrogen) atoms. The van der Waals surface area contributed by atoms with Crippen LogP contribution in [0.5, 0.6) is 0 Å². The van der Waals surface area contributed by atoms with Gasteiger partial charge < -0.3 is 5.32 Å². The van der Waals surface area contributed by atoms with Crippen LogP contribution in [0.3, 0.4) is 0 Å². The molecule has 1 saturated heterocycles. The van der Waals surface area contributed by atoms with Crippen LogP contribution in [-0.4, -0.2) is 30.5 Å². The van der Waals surface area contributed by atoms with E-state index in [1.165, 1.54) is 0 Å². The van der Waals surface area contributed by atoms with Crippen LogP contribution in [0.15, 0.2) is 23.1 Å². The van der Waals surface area contributed by atoms with Gasteiger partial charge in [0.2, 0.25) is 0 Å². The summed E-state index contributed by atoms with van der Waals surface area (Å²) >= 11 is 13.6. The van der Waals surface area contributed by atoms with Crippen molar-refractivity contribution in [3.63, 3.8) is 0 Å². The van der Waals surface area contributed by atoms with Gasteiger partial charge in [-0.1, -0.05) is 23.2 Å². The van der Waals surface area contributed by atoms with E-state index in [2.05, 4.69) is 9.62 Å². The fraction of sp³-hybridized carbons (Fsp3) is 0.400. The molecular formula is C10H12Cl2N2S. The van der Waals surface area contributed by atoms with Gasteiger partial charge in [-0.2, -0.15) is 0 Å². The fourth-order valence-electron chi connectivity index (χ4n) is 1.42. The molecule has 82 valence electrons. The zero-order valence-electron chi connectivity index (χ0n) is 8.17. The largest absolute Gasteiger partial charge is 0.314 e. The lowest BCUT2D eigenvalue weighted by Crippen LogP contribution is -2.39. The molecule has 0 aliphatic carbocycles. The molecule has 2 rings (SSSR count). The normalized spacial score (nSPS) is 18.0. The Morgan fingerprint density at radius 2 is 1.87 bits per heavy atom. The fourth-order valence-corrected chi connectivity index (χ4v) is 2.74. The van der Waals surface area contributed by atoms with Crippen LogP contribution in [0, 0.1) is 0 Å². The number of piperazine rings is 1. The summed E-state index contributed by atoms with van der Waals surface area (Å²) in [5.41, 5.74) is 0. The molecule has 0 aromatic heterocycles. The van der Waals surface area contributed by atoms with Gasteiger partial charge in [-0.3, -0.25) is 0 Å². The van der Waals surface area contributed by atoms with E-state index in [0.717, 1.165) is 31.1 Å². The van der Waals surface area contributed by atoms with Gasteiger partial charge in [-0.15, -0.1) is 0 Å². The van der Waals surface area contributed by atoms with Crippen molar-refractivity contribution in [2.75, 3.05) is 26.2 Å². The highest BCUT2D eigenvalue weighted by atomic mass is 35.5. The van der Waals surface area contributed by atoms with Crippen LogP contribution < -0.4 is 5.32 Å². The summed E-state index contributed by atoms with van der Waals surface area (Å²) in [6.07, 6.45) is 0. The number of hydrogen-bond acceptors (Lipinski definition) is 3. The molecule has 1 aromatic carbocycles. The van der Waals surface area contributed by atoms with E-state index >= 15 is 0 Å². The maximum Gasteiger partial charge on any atom is 0.0603 e. The van der Waals surface area contributed by atoms with Gasteiger partial charge in [0.25, 0.3) is 0 Å².